The van der Waals surface area contributed by atoms with Crippen LogP contribution in [0.4, 0.5) is 0 Å². The Morgan fingerprint density at radius 2 is 1.79 bits per heavy atom. The molecule has 0 amide bonds. The minimum Gasteiger partial charge on any atom is -0.497 e. The number of thiocarbonyl (C=S) groups is 1. The van der Waals surface area contributed by atoms with Gasteiger partial charge >= 0.3 is 0 Å². The highest BCUT2D eigenvalue weighted by molar-refractivity contribution is 7.80. The van der Waals surface area contributed by atoms with Crippen LogP contribution in [0, 0.1) is 6.92 Å². The van der Waals surface area contributed by atoms with Gasteiger partial charge in [0.25, 0.3) is 0 Å². The maximum absolute atomic E-state index is 5.43. The van der Waals surface area contributed by atoms with Crippen LogP contribution in [0.5, 0.6) is 11.5 Å². The molecule has 0 radical (unpaired) electrons. The van der Waals surface area contributed by atoms with Gasteiger partial charge in [-0.3, -0.25) is 0 Å². The fourth-order valence-corrected chi connectivity index (χ4v) is 2.64. The SMILES string of the molecule is COc1ccc(OC)c(C(C)NC(=S)NCc2ccc(C)cc2)c1. The zero-order valence-corrected chi connectivity index (χ0v) is 15.4. The fourth-order valence-electron chi connectivity index (χ4n) is 2.39. The molecule has 0 aromatic heterocycles. The molecule has 2 N–H and O–H groups in total. The molecule has 0 bridgehead atoms. The summed E-state index contributed by atoms with van der Waals surface area (Å²) >= 11 is 5.40. The van der Waals surface area contributed by atoms with E-state index in [-0.39, 0.29) is 6.04 Å². The number of ether oxygens (including phenoxy) is 2. The van der Waals surface area contributed by atoms with E-state index in [1.54, 1.807) is 14.2 Å². The molecule has 2 rings (SSSR count). The second kappa shape index (κ2) is 8.55. The zero-order valence-electron chi connectivity index (χ0n) is 14.6. The lowest BCUT2D eigenvalue weighted by Crippen LogP contribution is -2.36. The Bertz CT molecular complexity index is 686. The molecule has 0 saturated heterocycles. The molecule has 1 atom stereocenters. The number of hydrogen-bond acceptors (Lipinski definition) is 3. The van der Waals surface area contributed by atoms with E-state index in [1.807, 2.05) is 25.1 Å². The Labute approximate surface area is 149 Å². The van der Waals surface area contributed by atoms with Gasteiger partial charge in [0.1, 0.15) is 11.5 Å². The van der Waals surface area contributed by atoms with Crippen LogP contribution >= 0.6 is 12.2 Å². The molecular formula is C19H24N2O2S. The second-order valence-electron chi connectivity index (χ2n) is 5.64. The lowest BCUT2D eigenvalue weighted by Gasteiger charge is -2.20. The molecule has 2 aromatic rings. The van der Waals surface area contributed by atoms with Gasteiger partial charge in [0, 0.05) is 12.1 Å². The monoisotopic (exact) mass is 344 g/mol. The van der Waals surface area contributed by atoms with Crippen molar-refractivity contribution in [3.05, 3.63) is 59.2 Å². The summed E-state index contributed by atoms with van der Waals surface area (Å²) in [6, 6.07) is 14.1. The van der Waals surface area contributed by atoms with Crippen molar-refractivity contribution < 1.29 is 9.47 Å². The van der Waals surface area contributed by atoms with Crippen molar-refractivity contribution in [2.24, 2.45) is 0 Å². The van der Waals surface area contributed by atoms with Crippen LogP contribution in [-0.2, 0) is 6.54 Å². The smallest absolute Gasteiger partial charge is 0.167 e. The molecule has 0 heterocycles. The Morgan fingerprint density at radius 1 is 1.08 bits per heavy atom. The molecule has 2 aromatic carbocycles. The van der Waals surface area contributed by atoms with Gasteiger partial charge in [0.2, 0.25) is 0 Å². The third kappa shape index (κ3) is 4.86. The Hall–Kier alpha value is -2.27. The summed E-state index contributed by atoms with van der Waals surface area (Å²) in [5.74, 6) is 1.59. The highest BCUT2D eigenvalue weighted by atomic mass is 32.1. The van der Waals surface area contributed by atoms with Crippen LogP contribution in [0.3, 0.4) is 0 Å². The summed E-state index contributed by atoms with van der Waals surface area (Å²) in [5, 5.41) is 7.13. The summed E-state index contributed by atoms with van der Waals surface area (Å²) in [4.78, 5) is 0. The minimum absolute atomic E-state index is 0.00642. The Balaban J connectivity index is 1.97. The van der Waals surface area contributed by atoms with E-state index in [1.165, 1.54) is 11.1 Å². The number of nitrogens with one attached hydrogen (secondary N) is 2. The summed E-state index contributed by atoms with van der Waals surface area (Å²) < 4.78 is 10.7. The Kier molecular flexibility index (Phi) is 6.44. The molecule has 0 saturated carbocycles. The van der Waals surface area contributed by atoms with Crippen LogP contribution in [0.25, 0.3) is 0 Å². The van der Waals surface area contributed by atoms with E-state index in [9.17, 15) is 0 Å². The first-order valence-electron chi connectivity index (χ1n) is 7.85. The summed E-state index contributed by atoms with van der Waals surface area (Å²) in [5.41, 5.74) is 3.44. The first-order chi connectivity index (χ1) is 11.5. The predicted molar refractivity (Wildman–Crippen MR) is 102 cm³/mol. The molecule has 1 unspecified atom stereocenters. The minimum atomic E-state index is -0.00642. The van der Waals surface area contributed by atoms with Crippen molar-refractivity contribution in [3.8, 4) is 11.5 Å². The summed E-state index contributed by atoms with van der Waals surface area (Å²) in [7, 11) is 3.31. The van der Waals surface area contributed by atoms with E-state index in [4.69, 9.17) is 21.7 Å². The molecule has 0 aliphatic carbocycles. The van der Waals surface area contributed by atoms with Gasteiger partial charge < -0.3 is 20.1 Å². The van der Waals surface area contributed by atoms with Gasteiger partial charge in [0.05, 0.1) is 20.3 Å². The summed E-state index contributed by atoms with van der Waals surface area (Å²) in [6.45, 7) is 4.80. The first-order valence-corrected chi connectivity index (χ1v) is 8.26. The quantitative estimate of drug-likeness (QED) is 0.782. The van der Waals surface area contributed by atoms with Crippen molar-refractivity contribution in [2.45, 2.75) is 26.4 Å². The van der Waals surface area contributed by atoms with Crippen molar-refractivity contribution in [3.63, 3.8) is 0 Å². The van der Waals surface area contributed by atoms with Gasteiger partial charge in [0.15, 0.2) is 5.11 Å². The highest BCUT2D eigenvalue weighted by Gasteiger charge is 2.13. The molecular weight excluding hydrogens is 320 g/mol. The maximum Gasteiger partial charge on any atom is 0.167 e. The number of rotatable bonds is 6. The lowest BCUT2D eigenvalue weighted by atomic mass is 10.1. The average molecular weight is 344 g/mol. The van der Waals surface area contributed by atoms with E-state index >= 15 is 0 Å². The van der Waals surface area contributed by atoms with E-state index in [2.05, 4.69) is 41.8 Å². The largest absolute Gasteiger partial charge is 0.497 e. The van der Waals surface area contributed by atoms with Crippen LogP contribution in [-0.4, -0.2) is 19.3 Å². The molecule has 5 heteroatoms. The van der Waals surface area contributed by atoms with Crippen LogP contribution < -0.4 is 20.1 Å². The van der Waals surface area contributed by atoms with Crippen molar-refractivity contribution in [2.75, 3.05) is 14.2 Å². The van der Waals surface area contributed by atoms with Crippen molar-refractivity contribution in [1.82, 2.24) is 10.6 Å². The van der Waals surface area contributed by atoms with Gasteiger partial charge in [-0.1, -0.05) is 29.8 Å². The van der Waals surface area contributed by atoms with E-state index in [0.717, 1.165) is 17.1 Å². The molecule has 0 aliphatic heterocycles. The number of methoxy groups -OCH3 is 2. The number of hydrogen-bond donors (Lipinski definition) is 2. The van der Waals surface area contributed by atoms with Crippen molar-refractivity contribution >= 4 is 17.3 Å². The fraction of sp³-hybridized carbons (Fsp3) is 0.316. The van der Waals surface area contributed by atoms with Gasteiger partial charge in [-0.05, 0) is 49.8 Å². The van der Waals surface area contributed by atoms with Gasteiger partial charge in [-0.15, -0.1) is 0 Å². The summed E-state index contributed by atoms with van der Waals surface area (Å²) in [6.07, 6.45) is 0. The van der Waals surface area contributed by atoms with Gasteiger partial charge in [-0.2, -0.15) is 0 Å². The first kappa shape index (κ1) is 18.1. The topological polar surface area (TPSA) is 42.5 Å². The van der Waals surface area contributed by atoms with Gasteiger partial charge in [-0.25, -0.2) is 0 Å². The second-order valence-corrected chi connectivity index (χ2v) is 6.05. The van der Waals surface area contributed by atoms with Crippen LogP contribution in [0.2, 0.25) is 0 Å². The molecule has 4 nitrogen and oxygen atoms in total. The molecule has 0 fully saturated rings. The van der Waals surface area contributed by atoms with Crippen molar-refractivity contribution in [1.29, 1.82) is 0 Å². The standard InChI is InChI=1S/C19H24N2O2S/c1-13-5-7-15(8-6-13)12-20-19(24)21-14(2)17-11-16(22-3)9-10-18(17)23-4/h5-11,14H,12H2,1-4H3,(H2,20,21,24). The molecule has 0 spiro atoms. The Morgan fingerprint density at radius 3 is 2.42 bits per heavy atom. The van der Waals surface area contributed by atoms with Crippen LogP contribution in [0.1, 0.15) is 29.7 Å². The average Bonchev–Trinajstić information content (AvgIpc) is 2.60. The van der Waals surface area contributed by atoms with E-state index < -0.39 is 0 Å². The highest BCUT2D eigenvalue weighted by Crippen LogP contribution is 2.29. The lowest BCUT2D eigenvalue weighted by molar-refractivity contribution is 0.395. The number of benzene rings is 2. The zero-order chi connectivity index (χ0) is 17.5. The molecule has 0 aliphatic rings. The molecule has 24 heavy (non-hydrogen) atoms. The maximum atomic E-state index is 5.43. The molecule has 128 valence electrons. The third-order valence-electron chi connectivity index (χ3n) is 3.82. The normalized spacial score (nSPS) is 11.5. The van der Waals surface area contributed by atoms with E-state index in [0.29, 0.717) is 11.7 Å². The number of aryl methyl sites for hydroxylation is 1. The predicted octanol–water partition coefficient (Wildman–Crippen LogP) is 3.74. The van der Waals surface area contributed by atoms with Crippen LogP contribution in [0.15, 0.2) is 42.5 Å². The third-order valence-corrected chi connectivity index (χ3v) is 4.09.